The molecule has 1 aromatic carbocycles. The van der Waals surface area contributed by atoms with Crippen LogP contribution in [0.4, 0.5) is 30.5 Å². The number of hydrogen-bond donors (Lipinski definition) is 3. The second kappa shape index (κ2) is 6.04. The Kier molecular flexibility index (Phi) is 4.55. The van der Waals surface area contributed by atoms with Crippen molar-refractivity contribution in [1.29, 1.82) is 0 Å². The van der Waals surface area contributed by atoms with Crippen molar-refractivity contribution in [2.75, 3.05) is 10.7 Å². The predicted molar refractivity (Wildman–Crippen MR) is 77.3 cm³/mol. The molecule has 1 heterocycles. The topological polar surface area (TPSA) is 75.9 Å². The molecule has 0 aliphatic carbocycles. The molecule has 0 atom stereocenters. The largest absolute Gasteiger partial charge is 0.451 e. The van der Waals surface area contributed by atoms with Crippen LogP contribution in [-0.2, 0) is 6.18 Å². The van der Waals surface area contributed by atoms with E-state index < -0.39 is 12.0 Å². The van der Waals surface area contributed by atoms with Crippen LogP contribution < -0.4 is 16.6 Å². The third-order valence-electron chi connectivity index (χ3n) is 2.32. The smallest absolute Gasteiger partial charge is 0.339 e. The minimum Gasteiger partial charge on any atom is -0.339 e. The second-order valence-electron chi connectivity index (χ2n) is 3.85. The lowest BCUT2D eigenvalue weighted by molar-refractivity contribution is -0.144. The molecule has 0 unspecified atom stereocenters. The maximum Gasteiger partial charge on any atom is 0.451 e. The number of benzene rings is 1. The Morgan fingerprint density at radius 3 is 2.38 bits per heavy atom. The summed E-state index contributed by atoms with van der Waals surface area (Å²) >= 11 is 9.21. The number of rotatable bonds is 3. The van der Waals surface area contributed by atoms with Gasteiger partial charge in [0, 0.05) is 10.5 Å². The first-order valence-corrected chi connectivity index (χ1v) is 6.61. The van der Waals surface area contributed by atoms with Crippen LogP contribution >= 0.6 is 27.5 Å². The van der Waals surface area contributed by atoms with E-state index in [-0.39, 0.29) is 11.6 Å². The van der Waals surface area contributed by atoms with Crippen LogP contribution in [0.3, 0.4) is 0 Å². The van der Waals surface area contributed by atoms with Crippen molar-refractivity contribution in [2.45, 2.75) is 6.18 Å². The number of alkyl halides is 3. The molecule has 0 spiro atoms. The molecule has 0 bridgehead atoms. The minimum absolute atomic E-state index is 0.0884. The predicted octanol–water partition coefficient (Wildman–Crippen LogP) is 3.94. The number of aromatic nitrogens is 2. The van der Waals surface area contributed by atoms with Crippen molar-refractivity contribution in [3.63, 3.8) is 0 Å². The summed E-state index contributed by atoms with van der Waals surface area (Å²) in [5.41, 5.74) is 2.46. The molecule has 0 aliphatic heterocycles. The lowest BCUT2D eigenvalue weighted by Crippen LogP contribution is -2.16. The van der Waals surface area contributed by atoms with Crippen LogP contribution in [0.15, 0.2) is 28.7 Å². The fraction of sp³-hybridized carbons (Fsp3) is 0.0909. The van der Waals surface area contributed by atoms with Crippen LogP contribution in [0.5, 0.6) is 0 Å². The van der Waals surface area contributed by atoms with E-state index in [2.05, 4.69) is 36.6 Å². The Labute approximate surface area is 130 Å². The number of nitrogens with one attached hydrogen (secondary N) is 2. The molecule has 5 nitrogen and oxygen atoms in total. The van der Waals surface area contributed by atoms with Gasteiger partial charge in [0.25, 0.3) is 0 Å². The number of nitrogens with zero attached hydrogens (tertiary/aromatic N) is 2. The van der Waals surface area contributed by atoms with Crippen LogP contribution in [-0.4, -0.2) is 9.97 Å². The highest BCUT2D eigenvalue weighted by atomic mass is 79.9. The van der Waals surface area contributed by atoms with E-state index in [9.17, 15) is 13.2 Å². The van der Waals surface area contributed by atoms with Gasteiger partial charge in [0.15, 0.2) is 0 Å². The van der Waals surface area contributed by atoms with Gasteiger partial charge in [-0.15, -0.1) is 0 Å². The van der Waals surface area contributed by atoms with Crippen LogP contribution in [0.1, 0.15) is 5.82 Å². The van der Waals surface area contributed by atoms with Crippen molar-refractivity contribution >= 4 is 44.9 Å². The number of nitrogen functional groups attached to an aromatic ring is 1. The SMILES string of the molecule is NNc1cc(Nc2ccc(Br)cc2Cl)nc(C(F)(F)F)n1. The van der Waals surface area contributed by atoms with Gasteiger partial charge in [-0.2, -0.15) is 13.2 Å². The van der Waals surface area contributed by atoms with Crippen LogP contribution in [0, 0.1) is 0 Å². The van der Waals surface area contributed by atoms with E-state index in [1.807, 2.05) is 0 Å². The van der Waals surface area contributed by atoms with E-state index >= 15 is 0 Å². The molecule has 21 heavy (non-hydrogen) atoms. The summed E-state index contributed by atoms with van der Waals surface area (Å²) in [4.78, 5) is 6.65. The number of nitrogens with two attached hydrogens (primary N) is 1. The first-order chi connectivity index (χ1) is 9.79. The molecule has 0 fully saturated rings. The highest BCUT2D eigenvalue weighted by Gasteiger charge is 2.35. The van der Waals surface area contributed by atoms with Crippen molar-refractivity contribution in [3.05, 3.63) is 39.6 Å². The fourth-order valence-corrected chi connectivity index (χ4v) is 2.16. The van der Waals surface area contributed by atoms with Crippen LogP contribution in [0.25, 0.3) is 0 Å². The fourth-order valence-electron chi connectivity index (χ4n) is 1.44. The molecule has 0 radical (unpaired) electrons. The summed E-state index contributed by atoms with van der Waals surface area (Å²) < 4.78 is 38.8. The Morgan fingerprint density at radius 1 is 1.14 bits per heavy atom. The molecule has 112 valence electrons. The summed E-state index contributed by atoms with van der Waals surface area (Å²) in [6, 6.07) is 6.10. The molecule has 4 N–H and O–H groups in total. The second-order valence-corrected chi connectivity index (χ2v) is 5.18. The first-order valence-electron chi connectivity index (χ1n) is 5.44. The average molecular weight is 383 g/mol. The van der Waals surface area contributed by atoms with Crippen molar-refractivity contribution in [3.8, 4) is 0 Å². The molecule has 0 amide bonds. The van der Waals surface area contributed by atoms with Gasteiger partial charge in [-0.1, -0.05) is 27.5 Å². The number of hydrazine groups is 1. The van der Waals surface area contributed by atoms with Gasteiger partial charge in [0.2, 0.25) is 5.82 Å². The van der Waals surface area contributed by atoms with Gasteiger partial charge >= 0.3 is 6.18 Å². The Balaban J connectivity index is 2.39. The van der Waals surface area contributed by atoms with E-state index in [4.69, 9.17) is 17.4 Å². The summed E-state index contributed by atoms with van der Waals surface area (Å²) in [6.07, 6.45) is -4.69. The highest BCUT2D eigenvalue weighted by Crippen LogP contribution is 2.31. The highest BCUT2D eigenvalue weighted by molar-refractivity contribution is 9.10. The van der Waals surface area contributed by atoms with Crippen LogP contribution in [0.2, 0.25) is 5.02 Å². The Morgan fingerprint density at radius 2 is 1.81 bits per heavy atom. The summed E-state index contributed by atoms with van der Waals surface area (Å²) in [6.45, 7) is 0. The zero-order valence-corrected chi connectivity index (χ0v) is 12.5. The van der Waals surface area contributed by atoms with E-state index in [0.29, 0.717) is 10.7 Å². The van der Waals surface area contributed by atoms with Crippen molar-refractivity contribution in [2.24, 2.45) is 5.84 Å². The molecule has 0 aliphatic rings. The molecule has 0 saturated heterocycles. The minimum atomic E-state index is -4.69. The normalized spacial score (nSPS) is 11.3. The maximum absolute atomic E-state index is 12.7. The monoisotopic (exact) mass is 381 g/mol. The van der Waals surface area contributed by atoms with Gasteiger partial charge in [-0.05, 0) is 18.2 Å². The molecule has 2 rings (SSSR count). The molecule has 1 aromatic heterocycles. The summed E-state index contributed by atoms with van der Waals surface area (Å²) in [7, 11) is 0. The molecule has 0 saturated carbocycles. The van der Waals surface area contributed by atoms with Gasteiger partial charge in [-0.3, -0.25) is 0 Å². The van der Waals surface area contributed by atoms with E-state index in [0.717, 1.165) is 4.47 Å². The zero-order valence-electron chi connectivity index (χ0n) is 10.2. The third kappa shape index (κ3) is 3.96. The maximum atomic E-state index is 12.7. The molecular weight excluding hydrogens is 375 g/mol. The lowest BCUT2D eigenvalue weighted by Gasteiger charge is -2.12. The number of hydrogen-bond acceptors (Lipinski definition) is 5. The van der Waals surface area contributed by atoms with E-state index in [1.54, 1.807) is 18.2 Å². The van der Waals surface area contributed by atoms with E-state index in [1.165, 1.54) is 6.07 Å². The molecular formula is C11H8BrClF3N5. The first kappa shape index (κ1) is 15.8. The summed E-state index contributed by atoms with van der Waals surface area (Å²) in [5.74, 6) is 3.53. The van der Waals surface area contributed by atoms with Gasteiger partial charge < -0.3 is 10.7 Å². The van der Waals surface area contributed by atoms with Gasteiger partial charge in [0.05, 0.1) is 10.7 Å². The third-order valence-corrected chi connectivity index (χ3v) is 3.13. The lowest BCUT2D eigenvalue weighted by atomic mass is 10.3. The average Bonchev–Trinajstić information content (AvgIpc) is 2.40. The quantitative estimate of drug-likeness (QED) is 0.554. The molecule has 2 aromatic rings. The Bertz CT molecular complexity index is 665. The van der Waals surface area contributed by atoms with Gasteiger partial charge in [-0.25, -0.2) is 15.8 Å². The van der Waals surface area contributed by atoms with Gasteiger partial charge in [0.1, 0.15) is 11.6 Å². The Hall–Kier alpha value is -1.58. The standard InChI is InChI=1S/C11H8BrClF3N5/c12-5-1-2-7(6(13)3-5)18-8-4-9(21-17)20-10(19-8)11(14,15)16/h1-4H,17H2,(H2,18,19,20,21). The molecule has 10 heteroatoms. The number of anilines is 3. The summed E-state index contributed by atoms with van der Waals surface area (Å²) in [5, 5.41) is 3.01. The van der Waals surface area contributed by atoms with Crippen molar-refractivity contribution < 1.29 is 13.2 Å². The number of halogens is 5. The zero-order chi connectivity index (χ0) is 15.6. The van der Waals surface area contributed by atoms with Crippen molar-refractivity contribution in [1.82, 2.24) is 9.97 Å².